The molecule has 0 rings (SSSR count). The van der Waals surface area contributed by atoms with E-state index in [0.717, 1.165) is 0 Å². The van der Waals surface area contributed by atoms with Gasteiger partial charge in [-0.25, -0.2) is 0 Å². The summed E-state index contributed by atoms with van der Waals surface area (Å²) in [4.78, 5) is 0. The van der Waals surface area contributed by atoms with Crippen molar-refractivity contribution in [2.45, 2.75) is 46.1 Å². The van der Waals surface area contributed by atoms with E-state index in [1.165, 1.54) is 0 Å². The second-order valence-electron chi connectivity index (χ2n) is 4.41. The lowest BCUT2D eigenvalue weighted by molar-refractivity contribution is -0.0550. The average Bonchev–Trinajstić information content (AvgIpc) is 2.02. The van der Waals surface area contributed by atoms with Crippen LogP contribution in [0.1, 0.15) is 40.5 Å². The van der Waals surface area contributed by atoms with Crippen LogP contribution < -0.4 is 5.73 Å². The molecule has 0 saturated heterocycles. The molecule has 2 heteroatoms. The van der Waals surface area contributed by atoms with Crippen molar-refractivity contribution in [3.05, 3.63) is 0 Å². The van der Waals surface area contributed by atoms with Gasteiger partial charge in [-0.05, 0) is 18.8 Å². The lowest BCUT2D eigenvalue weighted by atomic mass is 9.74. The molecule has 0 aliphatic carbocycles. The zero-order valence-corrected chi connectivity index (χ0v) is 9.15. The summed E-state index contributed by atoms with van der Waals surface area (Å²) in [6.07, 6.45) is 1.36. The maximum Gasteiger partial charge on any atom is 0.0826 e. The molecule has 0 aromatic rings. The molecule has 1 atom stereocenters. The Morgan fingerprint density at radius 3 is 2.15 bits per heavy atom. The minimum atomic E-state index is -0.795. The zero-order chi connectivity index (χ0) is 10.5. The van der Waals surface area contributed by atoms with E-state index in [2.05, 4.69) is 11.8 Å². The molecule has 76 valence electrons. The highest BCUT2D eigenvalue weighted by Crippen LogP contribution is 2.33. The van der Waals surface area contributed by atoms with Crippen molar-refractivity contribution in [3.8, 4) is 11.8 Å². The molecule has 0 radical (unpaired) electrons. The number of rotatable bonds is 3. The van der Waals surface area contributed by atoms with Gasteiger partial charge in [0.15, 0.2) is 0 Å². The minimum absolute atomic E-state index is 0.183. The fraction of sp³-hybridized carbons (Fsp3) is 0.818. The van der Waals surface area contributed by atoms with E-state index < -0.39 is 5.60 Å². The van der Waals surface area contributed by atoms with Crippen LogP contribution >= 0.6 is 0 Å². The largest absolute Gasteiger partial charge is 0.388 e. The highest BCUT2D eigenvalue weighted by Gasteiger charge is 2.37. The Morgan fingerprint density at radius 2 is 1.85 bits per heavy atom. The number of hydrogen-bond donors (Lipinski definition) is 2. The average molecular weight is 183 g/mol. The van der Waals surface area contributed by atoms with Gasteiger partial charge in [-0.15, -0.1) is 11.8 Å². The Balaban J connectivity index is 4.34. The van der Waals surface area contributed by atoms with Crippen LogP contribution in [-0.2, 0) is 0 Å². The highest BCUT2D eigenvalue weighted by molar-refractivity contribution is 5.00. The van der Waals surface area contributed by atoms with Crippen molar-refractivity contribution in [2.24, 2.45) is 11.1 Å². The quantitative estimate of drug-likeness (QED) is 0.652. The van der Waals surface area contributed by atoms with Gasteiger partial charge in [0.25, 0.3) is 0 Å². The topological polar surface area (TPSA) is 46.2 Å². The number of hydrogen-bond acceptors (Lipinski definition) is 2. The molecular weight excluding hydrogens is 162 g/mol. The first-order valence-electron chi connectivity index (χ1n) is 4.69. The van der Waals surface area contributed by atoms with Crippen molar-refractivity contribution >= 4 is 0 Å². The molecule has 0 bridgehead atoms. The van der Waals surface area contributed by atoms with E-state index in [9.17, 15) is 5.11 Å². The van der Waals surface area contributed by atoms with Crippen LogP contribution in [0.2, 0.25) is 0 Å². The summed E-state index contributed by atoms with van der Waals surface area (Å²) in [5, 5.41) is 10.2. The monoisotopic (exact) mass is 183 g/mol. The van der Waals surface area contributed by atoms with Crippen LogP contribution in [0.5, 0.6) is 0 Å². The third-order valence-electron chi connectivity index (χ3n) is 2.57. The van der Waals surface area contributed by atoms with Crippen molar-refractivity contribution in [2.75, 3.05) is 6.54 Å². The van der Waals surface area contributed by atoms with E-state index in [1.54, 1.807) is 6.92 Å². The van der Waals surface area contributed by atoms with Crippen LogP contribution in [-0.4, -0.2) is 17.3 Å². The van der Waals surface area contributed by atoms with Gasteiger partial charge in [-0.1, -0.05) is 20.8 Å². The van der Waals surface area contributed by atoms with Gasteiger partial charge in [0, 0.05) is 13.0 Å². The summed E-state index contributed by atoms with van der Waals surface area (Å²) < 4.78 is 0. The minimum Gasteiger partial charge on any atom is -0.388 e. The maximum atomic E-state index is 10.2. The van der Waals surface area contributed by atoms with Gasteiger partial charge in [0.2, 0.25) is 0 Å². The Labute approximate surface area is 81.5 Å². The van der Waals surface area contributed by atoms with Gasteiger partial charge in [-0.2, -0.15) is 0 Å². The summed E-state index contributed by atoms with van der Waals surface area (Å²) in [6.45, 7) is 8.10. The van der Waals surface area contributed by atoms with Crippen LogP contribution in [0.4, 0.5) is 0 Å². The Morgan fingerprint density at radius 1 is 1.31 bits per heavy atom. The maximum absolute atomic E-state index is 10.2. The van der Waals surface area contributed by atoms with Crippen LogP contribution in [0.25, 0.3) is 0 Å². The first-order valence-corrected chi connectivity index (χ1v) is 4.69. The lowest BCUT2D eigenvalue weighted by Gasteiger charge is -2.39. The molecule has 0 amide bonds. The molecule has 2 nitrogen and oxygen atoms in total. The summed E-state index contributed by atoms with van der Waals surface area (Å²) in [5.74, 6) is 5.76. The van der Waals surface area contributed by atoms with Crippen LogP contribution in [0, 0.1) is 17.3 Å². The van der Waals surface area contributed by atoms with E-state index in [-0.39, 0.29) is 5.41 Å². The van der Waals surface area contributed by atoms with Gasteiger partial charge in [-0.3, -0.25) is 0 Å². The molecule has 0 heterocycles. The van der Waals surface area contributed by atoms with Gasteiger partial charge < -0.3 is 10.8 Å². The fourth-order valence-corrected chi connectivity index (χ4v) is 1.18. The standard InChI is InChI=1S/C11H21NO/c1-5-6-7-8-11(13,9-12)10(2,3)4/h13H,7-9,12H2,1-4H3. The molecule has 0 spiro atoms. The molecule has 3 N–H and O–H groups in total. The smallest absolute Gasteiger partial charge is 0.0826 e. The molecular formula is C11H21NO. The second-order valence-corrected chi connectivity index (χ2v) is 4.41. The molecule has 0 aromatic heterocycles. The van der Waals surface area contributed by atoms with Crippen LogP contribution in [0.15, 0.2) is 0 Å². The predicted octanol–water partition coefficient (Wildman–Crippen LogP) is 1.53. The summed E-state index contributed by atoms with van der Waals surface area (Å²) in [6, 6.07) is 0. The highest BCUT2D eigenvalue weighted by atomic mass is 16.3. The Bertz CT molecular complexity index is 206. The van der Waals surface area contributed by atoms with E-state index >= 15 is 0 Å². The van der Waals surface area contributed by atoms with Gasteiger partial charge in [0.1, 0.15) is 0 Å². The molecule has 1 unspecified atom stereocenters. The van der Waals surface area contributed by atoms with Crippen molar-refractivity contribution in [1.82, 2.24) is 0 Å². The normalized spacial score (nSPS) is 15.8. The third-order valence-corrected chi connectivity index (χ3v) is 2.57. The summed E-state index contributed by atoms with van der Waals surface area (Å²) in [5.41, 5.74) is 4.60. The van der Waals surface area contributed by atoms with Crippen LogP contribution in [0.3, 0.4) is 0 Å². The Hall–Kier alpha value is -0.520. The SMILES string of the molecule is CC#CCCC(O)(CN)C(C)(C)C. The van der Waals surface area contributed by atoms with Gasteiger partial charge >= 0.3 is 0 Å². The molecule has 0 aromatic carbocycles. The zero-order valence-electron chi connectivity index (χ0n) is 9.15. The summed E-state index contributed by atoms with van der Waals surface area (Å²) >= 11 is 0. The first kappa shape index (κ1) is 12.5. The predicted molar refractivity (Wildman–Crippen MR) is 56.1 cm³/mol. The summed E-state index contributed by atoms with van der Waals surface area (Å²) in [7, 11) is 0. The molecule has 0 aliphatic rings. The van der Waals surface area contributed by atoms with Crippen molar-refractivity contribution in [1.29, 1.82) is 0 Å². The van der Waals surface area contributed by atoms with E-state index in [0.29, 0.717) is 19.4 Å². The van der Waals surface area contributed by atoms with E-state index in [1.807, 2.05) is 20.8 Å². The van der Waals surface area contributed by atoms with E-state index in [4.69, 9.17) is 5.73 Å². The lowest BCUT2D eigenvalue weighted by Crippen LogP contribution is -2.49. The van der Waals surface area contributed by atoms with Crippen molar-refractivity contribution < 1.29 is 5.11 Å². The molecule has 0 fully saturated rings. The molecule has 0 saturated carbocycles. The Kier molecular flexibility index (Phi) is 4.46. The van der Waals surface area contributed by atoms with Crippen molar-refractivity contribution in [3.63, 3.8) is 0 Å². The molecule has 13 heavy (non-hydrogen) atoms. The second kappa shape index (κ2) is 4.64. The van der Waals surface area contributed by atoms with Gasteiger partial charge in [0.05, 0.1) is 5.60 Å². The third kappa shape index (κ3) is 3.38. The fourth-order valence-electron chi connectivity index (χ4n) is 1.18. The first-order chi connectivity index (χ1) is 5.87. The number of aliphatic hydroxyl groups is 1. The number of nitrogens with two attached hydrogens (primary N) is 1. The molecule has 0 aliphatic heterocycles.